The lowest BCUT2D eigenvalue weighted by molar-refractivity contribution is -0.143. The molecule has 0 spiro atoms. The highest BCUT2D eigenvalue weighted by Crippen LogP contribution is 2.17. The topological polar surface area (TPSA) is 35.5 Å². The molecule has 2 rings (SSSR count). The molecule has 0 heterocycles. The summed E-state index contributed by atoms with van der Waals surface area (Å²) >= 11 is 0. The van der Waals surface area contributed by atoms with Gasteiger partial charge in [0.1, 0.15) is 12.4 Å². The second kappa shape index (κ2) is 26.3. The predicted molar refractivity (Wildman–Crippen MR) is 179 cm³/mol. The van der Waals surface area contributed by atoms with Crippen LogP contribution in [0, 0.1) is 0 Å². The van der Waals surface area contributed by atoms with E-state index in [1.807, 2.05) is 42.5 Å². The molecule has 2 aromatic rings. The molecule has 3 heteroatoms. The van der Waals surface area contributed by atoms with Crippen LogP contribution in [0.4, 0.5) is 0 Å². The van der Waals surface area contributed by atoms with Gasteiger partial charge >= 0.3 is 5.97 Å². The maximum Gasteiger partial charge on any atom is 0.305 e. The van der Waals surface area contributed by atoms with Gasteiger partial charge in [-0.15, -0.1) is 0 Å². The molecule has 0 atom stereocenters. The summed E-state index contributed by atoms with van der Waals surface area (Å²) in [5.41, 5.74) is 2.31. The molecule has 0 aliphatic carbocycles. The van der Waals surface area contributed by atoms with Gasteiger partial charge in [-0.3, -0.25) is 4.79 Å². The van der Waals surface area contributed by atoms with E-state index in [2.05, 4.69) is 19.1 Å². The number of hydrogen-bond donors (Lipinski definition) is 0. The lowest BCUT2D eigenvalue weighted by Gasteiger charge is -2.08. The van der Waals surface area contributed by atoms with Crippen molar-refractivity contribution < 1.29 is 14.3 Å². The van der Waals surface area contributed by atoms with Crippen molar-refractivity contribution in [2.24, 2.45) is 0 Å². The molecule has 0 aliphatic heterocycles. The van der Waals surface area contributed by atoms with Gasteiger partial charge in [-0.25, -0.2) is 0 Å². The monoisotopic (exact) mass is 578 g/mol. The van der Waals surface area contributed by atoms with Gasteiger partial charge in [0.05, 0.1) is 6.61 Å². The van der Waals surface area contributed by atoms with E-state index in [1.165, 1.54) is 122 Å². The van der Waals surface area contributed by atoms with Crippen molar-refractivity contribution in [3.63, 3.8) is 0 Å². The van der Waals surface area contributed by atoms with E-state index in [-0.39, 0.29) is 5.97 Å². The summed E-state index contributed by atoms with van der Waals surface area (Å²) < 4.78 is 11.3. The van der Waals surface area contributed by atoms with Gasteiger partial charge in [-0.2, -0.15) is 0 Å². The summed E-state index contributed by atoms with van der Waals surface area (Å²) in [6, 6.07) is 18.2. The number of esters is 1. The summed E-state index contributed by atoms with van der Waals surface area (Å²) in [7, 11) is 0. The Hall–Kier alpha value is -2.29. The fourth-order valence-electron chi connectivity index (χ4n) is 5.55. The van der Waals surface area contributed by atoms with Crippen LogP contribution in [0.3, 0.4) is 0 Å². The zero-order valence-electron chi connectivity index (χ0n) is 27.1. The normalized spacial score (nSPS) is 11.1. The van der Waals surface area contributed by atoms with Gasteiger partial charge in [-0.05, 0) is 29.7 Å². The third kappa shape index (κ3) is 20.6. The van der Waals surface area contributed by atoms with Crippen molar-refractivity contribution >= 4 is 5.97 Å². The number of hydrogen-bond acceptors (Lipinski definition) is 3. The average Bonchev–Trinajstić information content (AvgIpc) is 3.02. The Morgan fingerprint density at radius 3 is 1.45 bits per heavy atom. The summed E-state index contributed by atoms with van der Waals surface area (Å²) in [5.74, 6) is 0.796. The molecule has 0 aromatic heterocycles. The standard InChI is InChI=1S/C39H62O3/c1-2-3-4-5-6-7-8-9-10-11-12-13-14-15-16-17-18-19-20-21-25-28-39(40)41-34-33-36-29-31-38(32-30-36)42-35-37-26-23-22-24-27-37/h22-24,26-27,29-32H,2-21,25,28,33-35H2,1H3. The Bertz CT molecular complexity index is 861. The summed E-state index contributed by atoms with van der Waals surface area (Å²) in [6.07, 6.45) is 30.2. The minimum Gasteiger partial charge on any atom is -0.489 e. The van der Waals surface area contributed by atoms with Crippen LogP contribution in [0.1, 0.15) is 159 Å². The van der Waals surface area contributed by atoms with E-state index in [0.717, 1.165) is 36.1 Å². The number of carbonyl (C=O) groups excluding carboxylic acids is 1. The molecule has 0 unspecified atom stereocenters. The van der Waals surface area contributed by atoms with Crippen molar-refractivity contribution in [1.82, 2.24) is 0 Å². The molecule has 236 valence electrons. The van der Waals surface area contributed by atoms with E-state index < -0.39 is 0 Å². The van der Waals surface area contributed by atoms with E-state index in [1.54, 1.807) is 0 Å². The summed E-state index contributed by atoms with van der Waals surface area (Å²) in [6.45, 7) is 3.31. The summed E-state index contributed by atoms with van der Waals surface area (Å²) in [4.78, 5) is 12.1. The van der Waals surface area contributed by atoms with Crippen molar-refractivity contribution in [3.8, 4) is 5.75 Å². The van der Waals surface area contributed by atoms with E-state index in [4.69, 9.17) is 9.47 Å². The number of ether oxygens (including phenoxy) is 2. The first kappa shape index (κ1) is 35.9. The first-order valence-electron chi connectivity index (χ1n) is 17.7. The Labute approximate surface area is 259 Å². The fourth-order valence-corrected chi connectivity index (χ4v) is 5.55. The van der Waals surface area contributed by atoms with Crippen molar-refractivity contribution in [1.29, 1.82) is 0 Å². The zero-order chi connectivity index (χ0) is 29.8. The minimum atomic E-state index is -0.0596. The highest BCUT2D eigenvalue weighted by atomic mass is 16.5. The van der Waals surface area contributed by atoms with E-state index in [0.29, 0.717) is 19.6 Å². The number of benzene rings is 2. The third-order valence-corrected chi connectivity index (χ3v) is 8.31. The Morgan fingerprint density at radius 2 is 0.976 bits per heavy atom. The minimum absolute atomic E-state index is 0.0596. The molecular weight excluding hydrogens is 516 g/mol. The highest BCUT2D eigenvalue weighted by molar-refractivity contribution is 5.69. The Balaban J connectivity index is 1.29. The van der Waals surface area contributed by atoms with Gasteiger partial charge in [0.2, 0.25) is 0 Å². The van der Waals surface area contributed by atoms with E-state index in [9.17, 15) is 4.79 Å². The molecule has 0 saturated carbocycles. The molecule has 42 heavy (non-hydrogen) atoms. The van der Waals surface area contributed by atoms with Crippen molar-refractivity contribution in [3.05, 3.63) is 65.7 Å². The molecule has 0 saturated heterocycles. The van der Waals surface area contributed by atoms with Gasteiger partial charge in [0.15, 0.2) is 0 Å². The van der Waals surface area contributed by atoms with Crippen LogP contribution in [-0.4, -0.2) is 12.6 Å². The SMILES string of the molecule is CCCCCCCCCCCCCCCCCCCCCCCC(=O)OCCc1ccc(OCc2ccccc2)cc1. The zero-order valence-corrected chi connectivity index (χ0v) is 27.1. The average molecular weight is 579 g/mol. The molecule has 3 nitrogen and oxygen atoms in total. The van der Waals surface area contributed by atoms with Crippen molar-refractivity contribution in [2.75, 3.05) is 6.61 Å². The van der Waals surface area contributed by atoms with Gasteiger partial charge in [0, 0.05) is 12.8 Å². The smallest absolute Gasteiger partial charge is 0.305 e. The molecular formula is C39H62O3. The second-order valence-corrected chi connectivity index (χ2v) is 12.2. The van der Waals surface area contributed by atoms with Crippen molar-refractivity contribution in [2.45, 2.75) is 161 Å². The second-order valence-electron chi connectivity index (χ2n) is 12.2. The predicted octanol–water partition coefficient (Wildman–Crippen LogP) is 12.0. The van der Waals surface area contributed by atoms with Crippen LogP contribution >= 0.6 is 0 Å². The van der Waals surface area contributed by atoms with Crippen LogP contribution in [0.15, 0.2) is 54.6 Å². The third-order valence-electron chi connectivity index (χ3n) is 8.31. The first-order chi connectivity index (χ1) is 20.8. The molecule has 0 fully saturated rings. The van der Waals surface area contributed by atoms with E-state index >= 15 is 0 Å². The molecule has 0 bridgehead atoms. The highest BCUT2D eigenvalue weighted by Gasteiger charge is 2.04. The number of rotatable bonds is 28. The molecule has 0 radical (unpaired) electrons. The van der Waals surface area contributed by atoms with Crippen LogP contribution in [-0.2, 0) is 22.6 Å². The molecule has 0 aliphatic rings. The Kier molecular flexibility index (Phi) is 22.5. The number of unbranched alkanes of at least 4 members (excludes halogenated alkanes) is 20. The molecule has 0 N–H and O–H groups in total. The van der Waals surface area contributed by atoms with Gasteiger partial charge < -0.3 is 9.47 Å². The fraction of sp³-hybridized carbons (Fsp3) is 0.667. The lowest BCUT2D eigenvalue weighted by Crippen LogP contribution is -2.07. The maximum atomic E-state index is 12.1. The maximum absolute atomic E-state index is 12.1. The Morgan fingerprint density at radius 1 is 0.524 bits per heavy atom. The van der Waals surface area contributed by atoms with Crippen LogP contribution < -0.4 is 4.74 Å². The first-order valence-corrected chi connectivity index (χ1v) is 17.7. The molecule has 2 aromatic carbocycles. The quantitative estimate of drug-likeness (QED) is 0.0744. The number of carbonyl (C=O) groups is 1. The van der Waals surface area contributed by atoms with Gasteiger partial charge in [-0.1, -0.05) is 178 Å². The van der Waals surface area contributed by atoms with Crippen LogP contribution in [0.25, 0.3) is 0 Å². The summed E-state index contributed by atoms with van der Waals surface area (Å²) in [5, 5.41) is 0. The van der Waals surface area contributed by atoms with Crippen LogP contribution in [0.2, 0.25) is 0 Å². The van der Waals surface area contributed by atoms with Crippen LogP contribution in [0.5, 0.6) is 5.75 Å². The lowest BCUT2D eigenvalue weighted by atomic mass is 10.0. The largest absolute Gasteiger partial charge is 0.489 e. The molecule has 0 amide bonds. The van der Waals surface area contributed by atoms with Gasteiger partial charge in [0.25, 0.3) is 0 Å².